The molecule has 250 valence electrons. The van der Waals surface area contributed by atoms with Crippen LogP contribution in [0.15, 0.2) is 29.8 Å². The SMILES string of the molecule is C=CC[N+]1(C)CC[C@]23c4c5ccc(OC(=O)N(C)CCNC(=O)[C@H](CCCN=C(N)N)NC(C)=O)c4O[C@H]2C(=O)CC[C@@]3(O)[C@@H]1C5. The number of piperidine rings is 1. The fourth-order valence-corrected chi connectivity index (χ4v) is 8.16. The predicted molar refractivity (Wildman–Crippen MR) is 169 cm³/mol. The highest BCUT2D eigenvalue weighted by Crippen LogP contribution is 2.65. The number of Topliss-reactive ketones (excluding diaryl/α,β-unsaturated/α-hetero) is 1. The number of carbonyl (C=O) groups excluding carboxylic acids is 4. The van der Waals surface area contributed by atoms with Gasteiger partial charge in [-0.2, -0.15) is 0 Å². The summed E-state index contributed by atoms with van der Waals surface area (Å²) in [7, 11) is 3.69. The number of likely N-dealkylation sites (N-methyl/N-ethyl adjacent to an activating group) is 2. The largest absolute Gasteiger partial charge is 0.477 e. The Morgan fingerprint density at radius 2 is 2.09 bits per heavy atom. The summed E-state index contributed by atoms with van der Waals surface area (Å²) in [4.78, 5) is 56.1. The molecule has 2 fully saturated rings. The number of nitrogens with zero attached hydrogens (tertiary/aromatic N) is 3. The molecule has 0 aromatic heterocycles. The number of rotatable bonds is 12. The Labute approximate surface area is 268 Å². The highest BCUT2D eigenvalue weighted by Gasteiger charge is 2.76. The second-order valence-electron chi connectivity index (χ2n) is 13.2. The zero-order valence-electron chi connectivity index (χ0n) is 26.8. The second-order valence-corrected chi connectivity index (χ2v) is 13.2. The third-order valence-electron chi connectivity index (χ3n) is 10.3. The van der Waals surface area contributed by atoms with Crippen molar-refractivity contribution in [3.63, 3.8) is 0 Å². The maximum absolute atomic E-state index is 13.3. The number of carbonyl (C=O) groups is 4. The Bertz CT molecular complexity index is 1460. The van der Waals surface area contributed by atoms with Crippen molar-refractivity contribution in [2.45, 2.75) is 74.7 Å². The lowest BCUT2D eigenvalue weighted by molar-refractivity contribution is -0.944. The zero-order chi connectivity index (χ0) is 33.4. The van der Waals surface area contributed by atoms with E-state index in [1.54, 1.807) is 13.1 Å². The number of aliphatic hydroxyl groups is 1. The summed E-state index contributed by atoms with van der Waals surface area (Å²) in [5, 5.41) is 17.9. The summed E-state index contributed by atoms with van der Waals surface area (Å²) >= 11 is 0. The number of hydrogen-bond acceptors (Lipinski definition) is 8. The summed E-state index contributed by atoms with van der Waals surface area (Å²) in [6.07, 6.45) is 2.93. The number of ether oxygens (including phenoxy) is 2. The Balaban J connectivity index is 1.28. The van der Waals surface area contributed by atoms with Gasteiger partial charge in [-0.25, -0.2) is 4.79 Å². The molecular weight excluding hydrogens is 594 g/mol. The number of benzene rings is 1. The van der Waals surface area contributed by atoms with E-state index in [1.165, 1.54) is 11.8 Å². The first kappa shape index (κ1) is 33.2. The smallest absolute Gasteiger partial charge is 0.415 e. The molecule has 5 rings (SSSR count). The van der Waals surface area contributed by atoms with Gasteiger partial charge in [-0.1, -0.05) is 12.6 Å². The first-order chi connectivity index (χ1) is 21.8. The minimum Gasteiger partial charge on any atom is -0.477 e. The van der Waals surface area contributed by atoms with E-state index < -0.39 is 35.2 Å². The number of guanidine groups is 1. The maximum atomic E-state index is 13.3. The number of nitrogens with one attached hydrogen (secondary N) is 2. The third kappa shape index (κ3) is 5.57. The van der Waals surface area contributed by atoms with Crippen LogP contribution in [0.1, 0.15) is 50.2 Å². The van der Waals surface area contributed by atoms with Gasteiger partial charge in [0.2, 0.25) is 11.8 Å². The third-order valence-corrected chi connectivity index (χ3v) is 10.3. The van der Waals surface area contributed by atoms with E-state index in [1.807, 2.05) is 12.1 Å². The number of hydrogen-bond donors (Lipinski definition) is 5. The molecule has 2 bridgehead atoms. The van der Waals surface area contributed by atoms with Crippen LogP contribution in [0.4, 0.5) is 4.79 Å². The van der Waals surface area contributed by atoms with E-state index in [0.717, 1.165) is 17.7 Å². The molecule has 4 aliphatic rings. The van der Waals surface area contributed by atoms with Gasteiger partial charge in [0.15, 0.2) is 29.3 Å². The van der Waals surface area contributed by atoms with Crippen LogP contribution in [0.3, 0.4) is 0 Å². The van der Waals surface area contributed by atoms with Gasteiger partial charge < -0.3 is 46.1 Å². The van der Waals surface area contributed by atoms with Crippen LogP contribution in [0.5, 0.6) is 11.5 Å². The molecule has 14 nitrogen and oxygen atoms in total. The number of quaternary nitrogens is 1. The topological polar surface area (TPSA) is 199 Å². The molecule has 6 atom stereocenters. The Morgan fingerprint density at radius 3 is 2.78 bits per heavy atom. The highest BCUT2D eigenvalue weighted by molar-refractivity contribution is 5.90. The molecular formula is C32H46N7O7+. The Hall–Kier alpha value is -4.17. The second kappa shape index (κ2) is 12.6. The van der Waals surface area contributed by atoms with Gasteiger partial charge >= 0.3 is 6.09 Å². The van der Waals surface area contributed by atoms with Gasteiger partial charge in [0.05, 0.1) is 25.6 Å². The molecule has 2 heterocycles. The van der Waals surface area contributed by atoms with E-state index in [2.05, 4.69) is 29.3 Å². The molecule has 3 amide bonds. The number of ketones is 1. The van der Waals surface area contributed by atoms with Gasteiger partial charge in [0, 0.05) is 58.4 Å². The maximum Gasteiger partial charge on any atom is 0.415 e. The van der Waals surface area contributed by atoms with Crippen molar-refractivity contribution < 1.29 is 38.2 Å². The van der Waals surface area contributed by atoms with Crippen LogP contribution < -0.4 is 31.6 Å². The van der Waals surface area contributed by atoms with Crippen LogP contribution in [-0.4, -0.2) is 115 Å². The lowest BCUT2D eigenvalue weighted by Crippen LogP contribution is -2.80. The number of nitrogens with two attached hydrogens (primary N) is 2. The van der Waals surface area contributed by atoms with Crippen LogP contribution in [-0.2, 0) is 26.2 Å². The molecule has 1 spiro atoms. The lowest BCUT2D eigenvalue weighted by atomic mass is 9.48. The fourth-order valence-electron chi connectivity index (χ4n) is 8.16. The van der Waals surface area contributed by atoms with Crippen molar-refractivity contribution in [3.05, 3.63) is 35.9 Å². The van der Waals surface area contributed by atoms with Crippen molar-refractivity contribution in [2.75, 3.05) is 46.8 Å². The van der Waals surface area contributed by atoms with Gasteiger partial charge in [-0.15, -0.1) is 0 Å². The summed E-state index contributed by atoms with van der Waals surface area (Å²) in [6.45, 7) is 7.29. The van der Waals surface area contributed by atoms with Crippen molar-refractivity contribution in [3.8, 4) is 11.5 Å². The first-order valence-electron chi connectivity index (χ1n) is 15.8. The average molecular weight is 641 g/mol. The van der Waals surface area contributed by atoms with E-state index in [9.17, 15) is 24.3 Å². The van der Waals surface area contributed by atoms with Crippen molar-refractivity contribution in [1.82, 2.24) is 15.5 Å². The summed E-state index contributed by atoms with van der Waals surface area (Å²) in [5.41, 5.74) is 10.4. The van der Waals surface area contributed by atoms with Gasteiger partial charge in [0.25, 0.3) is 0 Å². The molecule has 46 heavy (non-hydrogen) atoms. The lowest BCUT2D eigenvalue weighted by Gasteiger charge is -2.64. The van der Waals surface area contributed by atoms with Gasteiger partial charge in [-0.3, -0.25) is 19.4 Å². The molecule has 0 radical (unpaired) electrons. The molecule has 1 saturated carbocycles. The summed E-state index contributed by atoms with van der Waals surface area (Å²) in [5.74, 6) is -0.304. The van der Waals surface area contributed by atoms with E-state index in [-0.39, 0.29) is 49.0 Å². The molecule has 1 unspecified atom stereocenters. The van der Waals surface area contributed by atoms with Crippen LogP contribution >= 0.6 is 0 Å². The highest BCUT2D eigenvalue weighted by atomic mass is 16.6. The average Bonchev–Trinajstić information content (AvgIpc) is 3.36. The number of likely N-dealkylation sites (tertiary alicyclic amines) is 1. The molecule has 1 saturated heterocycles. The molecule has 14 heteroatoms. The number of amides is 3. The zero-order valence-corrected chi connectivity index (χ0v) is 26.8. The molecule has 2 aliphatic carbocycles. The minimum atomic E-state index is -1.16. The monoisotopic (exact) mass is 640 g/mol. The normalized spacial score (nSPS) is 29.0. The summed E-state index contributed by atoms with van der Waals surface area (Å²) in [6, 6.07) is 2.70. The van der Waals surface area contributed by atoms with E-state index in [0.29, 0.717) is 55.4 Å². The quantitative estimate of drug-likeness (QED) is 0.0678. The van der Waals surface area contributed by atoms with Gasteiger partial charge in [0.1, 0.15) is 17.7 Å². The predicted octanol–water partition coefficient (Wildman–Crippen LogP) is -0.154. The standard InChI is InChI=1S/C32H45N7O7/c1-5-16-39(4)17-12-31-25-20-8-9-23(26(25)46-27(31)22(41)10-11-32(31,44)24(39)18-20)45-30(43)38(3)15-14-35-28(42)21(37-19(2)40)7-6-13-36-29(33)34/h5,8-9,21,24,27,44H,1,6-7,10-18H2,2-4H3,(H5-,33,34,35,36,37,40,42)/p+1/t21-,24-,27-,31-,32+,39?/m0/s1. The van der Waals surface area contributed by atoms with E-state index >= 15 is 0 Å². The molecule has 1 aromatic carbocycles. The van der Waals surface area contributed by atoms with Crippen LogP contribution in [0.25, 0.3) is 0 Å². The van der Waals surface area contributed by atoms with Crippen molar-refractivity contribution >= 4 is 29.7 Å². The Morgan fingerprint density at radius 1 is 1.33 bits per heavy atom. The van der Waals surface area contributed by atoms with Crippen LogP contribution in [0, 0.1) is 0 Å². The molecule has 2 aliphatic heterocycles. The van der Waals surface area contributed by atoms with Crippen molar-refractivity contribution in [1.29, 1.82) is 0 Å². The van der Waals surface area contributed by atoms with Crippen molar-refractivity contribution in [2.24, 2.45) is 16.5 Å². The number of aliphatic imine (C=N–C) groups is 1. The van der Waals surface area contributed by atoms with Crippen LogP contribution in [0.2, 0.25) is 0 Å². The first-order valence-corrected chi connectivity index (χ1v) is 15.8. The van der Waals surface area contributed by atoms with Gasteiger partial charge in [-0.05, 0) is 37.0 Å². The summed E-state index contributed by atoms with van der Waals surface area (Å²) < 4.78 is 12.8. The Kier molecular flexibility index (Phi) is 9.06. The molecule has 1 aromatic rings. The minimum absolute atomic E-state index is 0.0482. The fraction of sp³-hybridized carbons (Fsp3) is 0.594. The van der Waals surface area contributed by atoms with E-state index in [4.69, 9.17) is 20.9 Å². The molecule has 7 N–H and O–H groups in total.